The smallest absolute Gasteiger partial charge is 0.116 e. The van der Waals surface area contributed by atoms with Crippen molar-refractivity contribution in [2.45, 2.75) is 12.6 Å². The summed E-state index contributed by atoms with van der Waals surface area (Å²) in [5, 5.41) is 2.86. The van der Waals surface area contributed by atoms with Gasteiger partial charge in [-0.15, -0.1) is 0 Å². The fourth-order valence-electron chi connectivity index (χ4n) is 1.20. The van der Waals surface area contributed by atoms with Gasteiger partial charge < -0.3 is 5.32 Å². The Kier molecular flexibility index (Phi) is 3.49. The predicted molar refractivity (Wildman–Crippen MR) is 44.3 cm³/mol. The topological polar surface area (TPSA) is 12.0 Å². The molecule has 0 radical (unpaired) electrons. The Balaban J connectivity index is 2.18. The van der Waals surface area contributed by atoms with Gasteiger partial charge in [0.05, 0.1) is 0 Å². The maximum atomic E-state index is 13.0. The Morgan fingerprint density at radius 1 is 1.80 bits per heavy atom. The lowest BCUT2D eigenvalue weighted by Gasteiger charge is -2.12. The number of nitrogens with one attached hydrogen (secondary N) is 1. The third-order valence-electron chi connectivity index (χ3n) is 1.88. The van der Waals surface area contributed by atoms with Crippen LogP contribution in [0, 0.1) is 5.92 Å². The Morgan fingerprint density at radius 2 is 2.60 bits per heavy atom. The summed E-state index contributed by atoms with van der Waals surface area (Å²) in [7, 11) is 1.80. The Labute approximate surface area is 65.8 Å². The van der Waals surface area contributed by atoms with Gasteiger partial charge in [0.15, 0.2) is 0 Å². The largest absolute Gasteiger partial charge is 0.317 e. The van der Waals surface area contributed by atoms with Gasteiger partial charge in [0, 0.05) is 12.5 Å². The van der Waals surface area contributed by atoms with Crippen LogP contribution in [-0.4, -0.2) is 31.3 Å². The molecule has 0 aromatic carbocycles. The van der Waals surface area contributed by atoms with Crippen LogP contribution in [0.1, 0.15) is 6.42 Å². The van der Waals surface area contributed by atoms with E-state index in [0.717, 1.165) is 17.9 Å². The second-order valence-electron chi connectivity index (χ2n) is 2.70. The van der Waals surface area contributed by atoms with Gasteiger partial charge >= 0.3 is 0 Å². The highest BCUT2D eigenvalue weighted by Crippen LogP contribution is 2.27. The highest BCUT2D eigenvalue weighted by molar-refractivity contribution is 7.99. The monoisotopic (exact) mass is 163 g/mol. The van der Waals surface area contributed by atoms with E-state index in [1.165, 1.54) is 0 Å². The lowest BCUT2D eigenvalue weighted by atomic mass is 10.0. The first-order valence-electron chi connectivity index (χ1n) is 3.71. The van der Waals surface area contributed by atoms with Crippen LogP contribution < -0.4 is 5.32 Å². The van der Waals surface area contributed by atoms with E-state index in [9.17, 15) is 4.39 Å². The summed E-state index contributed by atoms with van der Waals surface area (Å²) in [6.45, 7) is 0.519. The van der Waals surface area contributed by atoms with Crippen LogP contribution in [0.4, 0.5) is 4.39 Å². The molecule has 1 heterocycles. The molecule has 10 heavy (non-hydrogen) atoms. The molecule has 0 bridgehead atoms. The molecule has 0 amide bonds. The zero-order valence-corrected chi connectivity index (χ0v) is 7.09. The van der Waals surface area contributed by atoms with E-state index in [1.54, 1.807) is 7.05 Å². The quantitative estimate of drug-likeness (QED) is 0.673. The summed E-state index contributed by atoms with van der Waals surface area (Å²) in [6, 6.07) is 0. The number of halogens is 1. The van der Waals surface area contributed by atoms with Gasteiger partial charge in [-0.3, -0.25) is 0 Å². The first kappa shape index (κ1) is 8.34. The van der Waals surface area contributed by atoms with Gasteiger partial charge in [0.1, 0.15) is 6.17 Å². The Hall–Kier alpha value is 0.240. The van der Waals surface area contributed by atoms with E-state index in [-0.39, 0.29) is 0 Å². The second kappa shape index (κ2) is 4.19. The molecule has 1 aliphatic rings. The molecule has 1 rings (SSSR count). The van der Waals surface area contributed by atoms with Crippen LogP contribution in [0.3, 0.4) is 0 Å². The van der Waals surface area contributed by atoms with Crippen LogP contribution in [0.2, 0.25) is 0 Å². The Morgan fingerprint density at radius 3 is 3.10 bits per heavy atom. The van der Waals surface area contributed by atoms with Crippen molar-refractivity contribution in [3.8, 4) is 0 Å². The van der Waals surface area contributed by atoms with Crippen molar-refractivity contribution in [2.75, 3.05) is 25.1 Å². The minimum Gasteiger partial charge on any atom is -0.317 e. The molecule has 0 aromatic rings. The summed E-state index contributed by atoms with van der Waals surface area (Å²) in [4.78, 5) is 0. The molecule has 1 aliphatic heterocycles. The van der Waals surface area contributed by atoms with Gasteiger partial charge in [-0.25, -0.2) is 4.39 Å². The normalized spacial score (nSPS) is 28.8. The fraction of sp³-hybridized carbons (Fsp3) is 1.00. The number of alkyl halides is 1. The zero-order valence-electron chi connectivity index (χ0n) is 6.27. The van der Waals surface area contributed by atoms with E-state index in [0.29, 0.717) is 12.5 Å². The van der Waals surface area contributed by atoms with Gasteiger partial charge in [0.25, 0.3) is 0 Å². The highest BCUT2D eigenvalue weighted by Gasteiger charge is 2.23. The first-order valence-corrected chi connectivity index (χ1v) is 4.86. The molecule has 0 saturated carbocycles. The van der Waals surface area contributed by atoms with Crippen molar-refractivity contribution in [3.63, 3.8) is 0 Å². The predicted octanol–water partition coefficient (Wildman–Crippen LogP) is 1.30. The van der Waals surface area contributed by atoms with Crippen LogP contribution in [0.5, 0.6) is 0 Å². The third kappa shape index (κ3) is 2.13. The van der Waals surface area contributed by atoms with Crippen LogP contribution in [-0.2, 0) is 0 Å². The first-order chi connectivity index (χ1) is 4.84. The lowest BCUT2D eigenvalue weighted by Crippen LogP contribution is -2.27. The number of hydrogen-bond donors (Lipinski definition) is 1. The zero-order chi connectivity index (χ0) is 7.40. The van der Waals surface area contributed by atoms with Crippen LogP contribution in [0.25, 0.3) is 0 Å². The molecule has 1 fully saturated rings. The maximum absolute atomic E-state index is 13.0. The van der Waals surface area contributed by atoms with E-state index in [2.05, 4.69) is 5.32 Å². The molecule has 2 atom stereocenters. The average molecular weight is 163 g/mol. The van der Waals surface area contributed by atoms with Gasteiger partial charge in [-0.1, -0.05) is 0 Å². The van der Waals surface area contributed by atoms with E-state index >= 15 is 0 Å². The summed E-state index contributed by atoms with van der Waals surface area (Å²) < 4.78 is 13.0. The summed E-state index contributed by atoms with van der Waals surface area (Å²) in [5.74, 6) is 2.48. The molecule has 0 aromatic heterocycles. The summed E-state index contributed by atoms with van der Waals surface area (Å²) in [5.41, 5.74) is 0. The van der Waals surface area contributed by atoms with E-state index in [1.807, 2.05) is 11.8 Å². The minimum absolute atomic E-state index is 0.317. The molecule has 2 unspecified atom stereocenters. The molecular weight excluding hydrogens is 149 g/mol. The van der Waals surface area contributed by atoms with Crippen molar-refractivity contribution in [1.29, 1.82) is 0 Å². The van der Waals surface area contributed by atoms with Gasteiger partial charge in [-0.05, 0) is 25.0 Å². The minimum atomic E-state index is -0.625. The molecule has 1 N–H and O–H groups in total. The van der Waals surface area contributed by atoms with E-state index in [4.69, 9.17) is 0 Å². The number of rotatable bonds is 3. The number of hydrogen-bond acceptors (Lipinski definition) is 2. The maximum Gasteiger partial charge on any atom is 0.116 e. The van der Waals surface area contributed by atoms with Crippen molar-refractivity contribution < 1.29 is 4.39 Å². The van der Waals surface area contributed by atoms with E-state index < -0.39 is 6.17 Å². The second-order valence-corrected chi connectivity index (χ2v) is 3.85. The van der Waals surface area contributed by atoms with Crippen molar-refractivity contribution >= 4 is 11.8 Å². The van der Waals surface area contributed by atoms with Gasteiger partial charge in [-0.2, -0.15) is 11.8 Å². The summed E-state index contributed by atoms with van der Waals surface area (Å²) in [6.07, 6.45) is 0.438. The molecule has 0 aliphatic carbocycles. The molecular formula is C7H14FNS. The standard InChI is InChI=1S/C7H14FNS/c1-9-4-7(8)6-2-3-10-5-6/h6-7,9H,2-5H2,1H3. The molecule has 60 valence electrons. The molecule has 1 saturated heterocycles. The molecule has 0 spiro atoms. The Bertz CT molecular complexity index is 93.6. The van der Waals surface area contributed by atoms with Crippen molar-refractivity contribution in [3.05, 3.63) is 0 Å². The highest BCUT2D eigenvalue weighted by atomic mass is 32.2. The van der Waals surface area contributed by atoms with Gasteiger partial charge in [0.2, 0.25) is 0 Å². The average Bonchev–Trinajstić information content (AvgIpc) is 2.38. The van der Waals surface area contributed by atoms with Crippen molar-refractivity contribution in [2.24, 2.45) is 5.92 Å². The molecule has 1 nitrogen and oxygen atoms in total. The van der Waals surface area contributed by atoms with Crippen molar-refractivity contribution in [1.82, 2.24) is 5.32 Å². The number of thioether (sulfide) groups is 1. The SMILES string of the molecule is CNCC(F)C1CCSC1. The summed E-state index contributed by atoms with van der Waals surface area (Å²) >= 11 is 1.87. The van der Waals surface area contributed by atoms with Crippen LogP contribution >= 0.6 is 11.8 Å². The van der Waals surface area contributed by atoms with Crippen LogP contribution in [0.15, 0.2) is 0 Å². The lowest BCUT2D eigenvalue weighted by molar-refractivity contribution is 0.242. The molecule has 3 heteroatoms. The third-order valence-corrected chi connectivity index (χ3v) is 3.06. The fourth-order valence-corrected chi connectivity index (χ4v) is 2.51.